The van der Waals surface area contributed by atoms with Crippen molar-refractivity contribution < 1.29 is 19.4 Å². The van der Waals surface area contributed by atoms with Gasteiger partial charge in [0.15, 0.2) is 0 Å². The Bertz CT molecular complexity index is 445. The molecule has 0 bridgehead atoms. The molecule has 0 aromatic carbocycles. The van der Waals surface area contributed by atoms with E-state index in [-0.39, 0.29) is 6.61 Å². The monoisotopic (exact) mass is 251 g/mol. The van der Waals surface area contributed by atoms with E-state index in [4.69, 9.17) is 9.84 Å². The number of carbonyl (C=O) groups is 2. The maximum atomic E-state index is 11.6. The third-order valence-corrected chi connectivity index (χ3v) is 1.83. The van der Waals surface area contributed by atoms with E-state index in [1.54, 1.807) is 0 Å². The van der Waals surface area contributed by atoms with Gasteiger partial charge >= 0.3 is 11.9 Å². The molecule has 1 amide bonds. The minimum absolute atomic E-state index is 0.219. The van der Waals surface area contributed by atoms with Crippen LogP contribution < -0.4 is 5.43 Å². The van der Waals surface area contributed by atoms with Gasteiger partial charge < -0.3 is 9.84 Å². The van der Waals surface area contributed by atoms with Crippen LogP contribution in [0.25, 0.3) is 0 Å². The first-order valence-corrected chi connectivity index (χ1v) is 5.29. The molecule has 0 saturated heterocycles. The van der Waals surface area contributed by atoms with Crippen LogP contribution in [0.15, 0.2) is 29.6 Å². The van der Waals surface area contributed by atoms with E-state index in [1.165, 1.54) is 24.5 Å². The van der Waals surface area contributed by atoms with Crippen LogP contribution in [0.4, 0.5) is 0 Å². The Hall–Kier alpha value is -2.44. The van der Waals surface area contributed by atoms with Crippen molar-refractivity contribution in [1.29, 1.82) is 0 Å². The van der Waals surface area contributed by atoms with Gasteiger partial charge in [0, 0.05) is 18.0 Å². The van der Waals surface area contributed by atoms with Crippen LogP contribution >= 0.6 is 0 Å². The Morgan fingerprint density at radius 1 is 1.44 bits per heavy atom. The van der Waals surface area contributed by atoms with Gasteiger partial charge in [0.2, 0.25) is 0 Å². The van der Waals surface area contributed by atoms with Crippen molar-refractivity contribution >= 4 is 17.8 Å². The molecular formula is C11H13N3O4. The summed E-state index contributed by atoms with van der Waals surface area (Å²) in [5.74, 6) is -2.41. The summed E-state index contributed by atoms with van der Waals surface area (Å²) in [6.07, 6.45) is 3.54. The van der Waals surface area contributed by atoms with Crippen LogP contribution in [0, 0.1) is 0 Å². The Labute approximate surface area is 103 Å². The standard InChI is InChI=1S/C11H13N3O4/c1-2-7-18-10(11(16)17)14-13-9(15)8-3-5-12-6-4-8/h3-6H,2,7H2,1H3,(H,13,15)(H,16,17)/b14-10+. The summed E-state index contributed by atoms with van der Waals surface area (Å²) in [5, 5.41) is 12.2. The third kappa shape index (κ3) is 4.20. The van der Waals surface area contributed by atoms with Gasteiger partial charge in [-0.05, 0) is 18.6 Å². The number of hydrazone groups is 1. The number of hydrogen-bond acceptors (Lipinski definition) is 5. The zero-order valence-electron chi connectivity index (χ0n) is 9.79. The number of pyridine rings is 1. The summed E-state index contributed by atoms with van der Waals surface area (Å²) in [4.78, 5) is 26.0. The number of nitrogens with one attached hydrogen (secondary N) is 1. The maximum Gasteiger partial charge on any atom is 0.393 e. The minimum atomic E-state index is -1.33. The lowest BCUT2D eigenvalue weighted by Crippen LogP contribution is -2.25. The summed E-state index contributed by atoms with van der Waals surface area (Å²) in [6, 6.07) is 2.97. The molecule has 7 heteroatoms. The normalized spacial score (nSPS) is 10.8. The molecular weight excluding hydrogens is 238 g/mol. The molecule has 0 atom stereocenters. The zero-order valence-corrected chi connectivity index (χ0v) is 9.79. The number of aromatic nitrogens is 1. The third-order valence-electron chi connectivity index (χ3n) is 1.83. The smallest absolute Gasteiger partial charge is 0.393 e. The SMILES string of the molecule is CCCO/C(=N/NC(=O)c1ccncc1)C(=O)O. The van der Waals surface area contributed by atoms with Gasteiger partial charge in [-0.1, -0.05) is 6.92 Å². The molecule has 0 spiro atoms. The maximum absolute atomic E-state index is 11.6. The van der Waals surface area contributed by atoms with Crippen LogP contribution in [-0.4, -0.2) is 34.5 Å². The fourth-order valence-corrected chi connectivity index (χ4v) is 1.01. The lowest BCUT2D eigenvalue weighted by molar-refractivity contribution is -0.131. The van der Waals surface area contributed by atoms with E-state index >= 15 is 0 Å². The fourth-order valence-electron chi connectivity index (χ4n) is 1.01. The molecule has 0 aliphatic heterocycles. The van der Waals surface area contributed by atoms with Crippen molar-refractivity contribution in [3.05, 3.63) is 30.1 Å². The highest BCUT2D eigenvalue weighted by Crippen LogP contribution is 1.95. The van der Waals surface area contributed by atoms with Crippen LogP contribution in [0.2, 0.25) is 0 Å². The topological polar surface area (TPSA) is 101 Å². The summed E-state index contributed by atoms with van der Waals surface area (Å²) in [5.41, 5.74) is 2.43. The molecule has 1 rings (SSSR count). The van der Waals surface area contributed by atoms with Crippen LogP contribution in [0.5, 0.6) is 0 Å². The van der Waals surface area contributed by atoms with Crippen molar-refractivity contribution in [2.24, 2.45) is 5.10 Å². The van der Waals surface area contributed by atoms with E-state index in [2.05, 4.69) is 15.5 Å². The van der Waals surface area contributed by atoms with Crippen LogP contribution in [-0.2, 0) is 9.53 Å². The summed E-state index contributed by atoms with van der Waals surface area (Å²) < 4.78 is 4.86. The molecule has 1 aromatic rings. The minimum Gasteiger partial charge on any atom is -0.474 e. The van der Waals surface area contributed by atoms with Gasteiger partial charge in [-0.3, -0.25) is 9.78 Å². The van der Waals surface area contributed by atoms with Crippen molar-refractivity contribution in [3.8, 4) is 0 Å². The lowest BCUT2D eigenvalue weighted by atomic mass is 10.3. The van der Waals surface area contributed by atoms with Gasteiger partial charge in [0.05, 0.1) is 6.61 Å². The van der Waals surface area contributed by atoms with Gasteiger partial charge in [0.25, 0.3) is 5.91 Å². The molecule has 0 unspecified atom stereocenters. The quantitative estimate of drug-likeness (QED) is 0.464. The zero-order chi connectivity index (χ0) is 13.4. The number of nitrogens with zero attached hydrogens (tertiary/aromatic N) is 2. The van der Waals surface area contributed by atoms with Crippen LogP contribution in [0.3, 0.4) is 0 Å². The summed E-state index contributed by atoms with van der Waals surface area (Å²) in [7, 11) is 0. The second kappa shape index (κ2) is 7.00. The average Bonchev–Trinajstić information content (AvgIpc) is 2.39. The first kappa shape index (κ1) is 13.6. The first-order valence-electron chi connectivity index (χ1n) is 5.29. The number of ether oxygens (including phenoxy) is 1. The Kier molecular flexibility index (Phi) is 5.30. The second-order valence-corrected chi connectivity index (χ2v) is 3.25. The molecule has 1 heterocycles. The van der Waals surface area contributed by atoms with Gasteiger partial charge in [-0.15, -0.1) is 5.10 Å². The Balaban J connectivity index is 2.65. The van der Waals surface area contributed by atoms with Gasteiger partial charge in [0.1, 0.15) is 0 Å². The molecule has 0 aliphatic rings. The molecule has 2 N–H and O–H groups in total. The molecule has 0 radical (unpaired) electrons. The molecule has 96 valence electrons. The predicted octanol–water partition coefficient (Wildman–Crippen LogP) is 0.636. The predicted molar refractivity (Wildman–Crippen MR) is 63.0 cm³/mol. The summed E-state index contributed by atoms with van der Waals surface area (Å²) >= 11 is 0. The number of hydrogen-bond donors (Lipinski definition) is 2. The number of rotatable bonds is 4. The van der Waals surface area contributed by atoms with Crippen LogP contribution in [0.1, 0.15) is 23.7 Å². The van der Waals surface area contributed by atoms with Gasteiger partial charge in [-0.25, -0.2) is 10.2 Å². The lowest BCUT2D eigenvalue weighted by Gasteiger charge is -2.04. The highest BCUT2D eigenvalue weighted by molar-refractivity contribution is 6.31. The average molecular weight is 251 g/mol. The van der Waals surface area contributed by atoms with Crippen molar-refractivity contribution in [2.45, 2.75) is 13.3 Å². The number of carboxylic acid groups (broad SMARTS) is 1. The number of carbonyl (C=O) groups excluding carboxylic acids is 1. The number of amides is 1. The molecule has 18 heavy (non-hydrogen) atoms. The van der Waals surface area contributed by atoms with Crippen molar-refractivity contribution in [3.63, 3.8) is 0 Å². The molecule has 0 aliphatic carbocycles. The van der Waals surface area contributed by atoms with Gasteiger partial charge in [-0.2, -0.15) is 0 Å². The molecule has 7 nitrogen and oxygen atoms in total. The highest BCUT2D eigenvalue weighted by Gasteiger charge is 2.12. The van der Waals surface area contributed by atoms with E-state index in [0.717, 1.165) is 0 Å². The van der Waals surface area contributed by atoms with E-state index < -0.39 is 17.8 Å². The number of carboxylic acids is 1. The van der Waals surface area contributed by atoms with E-state index in [1.807, 2.05) is 6.92 Å². The summed E-state index contributed by atoms with van der Waals surface area (Å²) in [6.45, 7) is 2.05. The molecule has 1 aromatic heterocycles. The molecule has 0 saturated carbocycles. The second-order valence-electron chi connectivity index (χ2n) is 3.25. The van der Waals surface area contributed by atoms with E-state index in [9.17, 15) is 9.59 Å². The largest absolute Gasteiger partial charge is 0.474 e. The number of aliphatic carboxylic acids is 1. The fraction of sp³-hybridized carbons (Fsp3) is 0.273. The van der Waals surface area contributed by atoms with Crippen molar-refractivity contribution in [1.82, 2.24) is 10.4 Å². The van der Waals surface area contributed by atoms with E-state index in [0.29, 0.717) is 12.0 Å². The van der Waals surface area contributed by atoms with Crippen molar-refractivity contribution in [2.75, 3.05) is 6.61 Å². The first-order chi connectivity index (χ1) is 8.65. The highest BCUT2D eigenvalue weighted by atomic mass is 16.5. The molecule has 0 fully saturated rings. The Morgan fingerprint density at radius 3 is 2.67 bits per heavy atom. The Morgan fingerprint density at radius 2 is 2.11 bits per heavy atom.